The van der Waals surface area contributed by atoms with Gasteiger partial charge in [-0.3, -0.25) is 0 Å². The summed E-state index contributed by atoms with van der Waals surface area (Å²) in [6.07, 6.45) is 2.20. The average Bonchev–Trinajstić information content (AvgIpc) is 2.32. The second-order valence-electron chi connectivity index (χ2n) is 4.46. The van der Waals surface area contributed by atoms with E-state index in [9.17, 15) is 5.11 Å². The van der Waals surface area contributed by atoms with E-state index in [-0.39, 0.29) is 12.1 Å². The van der Waals surface area contributed by atoms with Crippen LogP contribution < -0.4 is 5.73 Å². The van der Waals surface area contributed by atoms with E-state index in [1.54, 1.807) is 0 Å². The minimum atomic E-state index is -0.408. The highest BCUT2D eigenvalue weighted by atomic mass is 16.5. The molecule has 0 saturated heterocycles. The molecule has 3 N–H and O–H groups in total. The molecule has 2 rings (SSSR count). The number of ether oxygens (including phenoxy) is 1. The van der Waals surface area contributed by atoms with Gasteiger partial charge in [-0.05, 0) is 18.4 Å². The van der Waals surface area contributed by atoms with Gasteiger partial charge in [0.15, 0.2) is 0 Å². The highest BCUT2D eigenvalue weighted by molar-refractivity contribution is 5.13. The number of benzene rings is 1. The summed E-state index contributed by atoms with van der Waals surface area (Å²) in [5.41, 5.74) is 6.92. The van der Waals surface area contributed by atoms with Gasteiger partial charge in [0.1, 0.15) is 0 Å². The van der Waals surface area contributed by atoms with Crippen LogP contribution in [0.3, 0.4) is 0 Å². The van der Waals surface area contributed by atoms with Gasteiger partial charge in [0, 0.05) is 12.5 Å². The molecule has 0 heterocycles. The monoisotopic (exact) mass is 221 g/mol. The fourth-order valence-electron chi connectivity index (χ4n) is 2.07. The zero-order valence-electron chi connectivity index (χ0n) is 9.38. The van der Waals surface area contributed by atoms with Gasteiger partial charge in [0.05, 0.1) is 18.8 Å². The lowest BCUT2D eigenvalue weighted by Gasteiger charge is -2.30. The van der Waals surface area contributed by atoms with Gasteiger partial charge in [0.2, 0.25) is 0 Å². The van der Waals surface area contributed by atoms with Crippen molar-refractivity contribution in [3.8, 4) is 0 Å². The number of aliphatic hydroxyl groups is 1. The standard InChI is InChI=1S/C13H19NO2/c14-12-7-6-11(8-13(12)15)16-9-10-4-2-1-3-5-10/h1-5,11-13,15H,6-9,14H2/t11-,12-,13-/m0/s1. The Morgan fingerprint density at radius 3 is 2.69 bits per heavy atom. The smallest absolute Gasteiger partial charge is 0.0720 e. The molecule has 1 aliphatic rings. The zero-order valence-corrected chi connectivity index (χ0v) is 9.38. The van der Waals surface area contributed by atoms with Crippen LogP contribution >= 0.6 is 0 Å². The summed E-state index contributed by atoms with van der Waals surface area (Å²) < 4.78 is 5.77. The van der Waals surface area contributed by atoms with E-state index >= 15 is 0 Å². The van der Waals surface area contributed by atoms with Crippen LogP contribution in [0.4, 0.5) is 0 Å². The van der Waals surface area contributed by atoms with E-state index in [1.807, 2.05) is 30.3 Å². The lowest BCUT2D eigenvalue weighted by atomic mass is 9.91. The molecular formula is C13H19NO2. The Hall–Kier alpha value is -0.900. The molecule has 0 amide bonds. The summed E-state index contributed by atoms with van der Waals surface area (Å²) >= 11 is 0. The van der Waals surface area contributed by atoms with E-state index in [0.29, 0.717) is 13.0 Å². The number of nitrogens with two attached hydrogens (primary N) is 1. The Kier molecular flexibility index (Phi) is 3.93. The largest absolute Gasteiger partial charge is 0.391 e. The van der Waals surface area contributed by atoms with E-state index in [2.05, 4.69) is 0 Å². The maximum absolute atomic E-state index is 9.64. The lowest BCUT2D eigenvalue weighted by Crippen LogP contribution is -2.42. The first-order valence-electron chi connectivity index (χ1n) is 5.85. The van der Waals surface area contributed by atoms with E-state index in [4.69, 9.17) is 10.5 Å². The van der Waals surface area contributed by atoms with Crippen LogP contribution in [0, 0.1) is 0 Å². The molecule has 1 aliphatic carbocycles. The Bertz CT molecular complexity index is 315. The van der Waals surface area contributed by atoms with Crippen molar-refractivity contribution in [1.82, 2.24) is 0 Å². The molecule has 0 unspecified atom stereocenters. The van der Waals surface area contributed by atoms with E-state index < -0.39 is 6.10 Å². The quantitative estimate of drug-likeness (QED) is 0.812. The predicted molar refractivity (Wildman–Crippen MR) is 62.9 cm³/mol. The summed E-state index contributed by atoms with van der Waals surface area (Å²) in [6.45, 7) is 0.619. The first-order chi connectivity index (χ1) is 7.75. The van der Waals surface area contributed by atoms with Crippen molar-refractivity contribution in [3.63, 3.8) is 0 Å². The molecule has 0 aromatic heterocycles. The molecule has 0 spiro atoms. The molecule has 88 valence electrons. The van der Waals surface area contributed by atoms with Crippen LogP contribution in [0.1, 0.15) is 24.8 Å². The number of rotatable bonds is 3. The molecule has 3 heteroatoms. The maximum atomic E-state index is 9.64. The summed E-state index contributed by atoms with van der Waals surface area (Å²) in [4.78, 5) is 0. The Morgan fingerprint density at radius 1 is 1.25 bits per heavy atom. The molecule has 1 aromatic carbocycles. The van der Waals surface area contributed by atoms with E-state index in [0.717, 1.165) is 12.8 Å². The molecule has 0 bridgehead atoms. The van der Waals surface area contributed by atoms with Crippen LogP contribution in [-0.4, -0.2) is 23.4 Å². The Balaban J connectivity index is 1.79. The summed E-state index contributed by atoms with van der Waals surface area (Å²) in [6, 6.07) is 10.0. The van der Waals surface area contributed by atoms with Crippen LogP contribution in [0.25, 0.3) is 0 Å². The van der Waals surface area contributed by atoms with E-state index in [1.165, 1.54) is 5.56 Å². The van der Waals surface area contributed by atoms with Crippen molar-refractivity contribution in [2.45, 2.75) is 44.1 Å². The highest BCUT2D eigenvalue weighted by Gasteiger charge is 2.26. The van der Waals surface area contributed by atoms with Crippen molar-refractivity contribution in [2.24, 2.45) is 5.73 Å². The fraction of sp³-hybridized carbons (Fsp3) is 0.538. The highest BCUT2D eigenvalue weighted by Crippen LogP contribution is 2.21. The Labute approximate surface area is 96.2 Å². The fourth-order valence-corrected chi connectivity index (χ4v) is 2.07. The van der Waals surface area contributed by atoms with Crippen LogP contribution in [0.5, 0.6) is 0 Å². The topological polar surface area (TPSA) is 55.5 Å². The van der Waals surface area contributed by atoms with Crippen molar-refractivity contribution >= 4 is 0 Å². The third-order valence-electron chi connectivity index (χ3n) is 3.15. The molecule has 1 aromatic rings. The second-order valence-corrected chi connectivity index (χ2v) is 4.46. The van der Waals surface area contributed by atoms with Crippen molar-refractivity contribution < 1.29 is 9.84 Å². The molecule has 0 radical (unpaired) electrons. The van der Waals surface area contributed by atoms with Crippen LogP contribution in [0.2, 0.25) is 0 Å². The van der Waals surface area contributed by atoms with Gasteiger partial charge in [-0.15, -0.1) is 0 Å². The first-order valence-corrected chi connectivity index (χ1v) is 5.85. The van der Waals surface area contributed by atoms with Gasteiger partial charge in [-0.25, -0.2) is 0 Å². The molecular weight excluding hydrogens is 202 g/mol. The zero-order chi connectivity index (χ0) is 11.4. The number of aliphatic hydroxyl groups excluding tert-OH is 1. The first kappa shape index (κ1) is 11.6. The van der Waals surface area contributed by atoms with Gasteiger partial charge < -0.3 is 15.6 Å². The molecule has 0 aliphatic heterocycles. The van der Waals surface area contributed by atoms with Gasteiger partial charge in [-0.1, -0.05) is 30.3 Å². The maximum Gasteiger partial charge on any atom is 0.0720 e. The SMILES string of the molecule is N[C@H]1CC[C@H](OCc2ccccc2)C[C@@H]1O. The molecule has 1 fully saturated rings. The second kappa shape index (κ2) is 5.43. The van der Waals surface area contributed by atoms with Crippen molar-refractivity contribution in [2.75, 3.05) is 0 Å². The van der Waals surface area contributed by atoms with Gasteiger partial charge in [-0.2, -0.15) is 0 Å². The number of hydrogen-bond acceptors (Lipinski definition) is 3. The molecule has 16 heavy (non-hydrogen) atoms. The molecule has 3 atom stereocenters. The minimum absolute atomic E-state index is 0.0726. The average molecular weight is 221 g/mol. The van der Waals surface area contributed by atoms with Gasteiger partial charge in [0.25, 0.3) is 0 Å². The summed E-state index contributed by atoms with van der Waals surface area (Å²) in [5.74, 6) is 0. The summed E-state index contributed by atoms with van der Waals surface area (Å²) in [5, 5.41) is 9.64. The molecule has 1 saturated carbocycles. The predicted octanol–water partition coefficient (Wildman–Crippen LogP) is 1.44. The normalized spacial score (nSPS) is 30.2. The Morgan fingerprint density at radius 2 is 2.00 bits per heavy atom. The lowest BCUT2D eigenvalue weighted by molar-refractivity contribution is -0.0300. The minimum Gasteiger partial charge on any atom is -0.391 e. The van der Waals surface area contributed by atoms with Crippen LogP contribution in [0.15, 0.2) is 30.3 Å². The van der Waals surface area contributed by atoms with Crippen molar-refractivity contribution in [1.29, 1.82) is 0 Å². The van der Waals surface area contributed by atoms with Crippen LogP contribution in [-0.2, 0) is 11.3 Å². The molecule has 3 nitrogen and oxygen atoms in total. The number of hydrogen-bond donors (Lipinski definition) is 2. The van der Waals surface area contributed by atoms with Crippen molar-refractivity contribution in [3.05, 3.63) is 35.9 Å². The van der Waals surface area contributed by atoms with Gasteiger partial charge >= 0.3 is 0 Å². The third kappa shape index (κ3) is 3.04. The third-order valence-corrected chi connectivity index (χ3v) is 3.15. The summed E-state index contributed by atoms with van der Waals surface area (Å²) in [7, 11) is 0.